The van der Waals surface area contributed by atoms with Crippen LogP contribution >= 0.6 is 0 Å². The van der Waals surface area contributed by atoms with E-state index in [1.165, 1.54) is 6.07 Å². The van der Waals surface area contributed by atoms with E-state index in [2.05, 4.69) is 19.2 Å². The lowest BCUT2D eigenvalue weighted by atomic mass is 10.1. The Morgan fingerprint density at radius 3 is 2.78 bits per heavy atom. The zero-order valence-electron chi connectivity index (χ0n) is 11.3. The molecule has 0 heterocycles. The predicted molar refractivity (Wildman–Crippen MR) is 73.1 cm³/mol. The Morgan fingerprint density at radius 2 is 2.11 bits per heavy atom. The summed E-state index contributed by atoms with van der Waals surface area (Å²) in [6.07, 6.45) is 3.38. The molecule has 0 spiro atoms. The highest BCUT2D eigenvalue weighted by Crippen LogP contribution is 2.08. The summed E-state index contributed by atoms with van der Waals surface area (Å²) in [7, 11) is 0. The molecule has 1 aromatic carbocycles. The zero-order chi connectivity index (χ0) is 13.4. The Hall–Kier alpha value is -0.930. The van der Waals surface area contributed by atoms with Crippen LogP contribution in [0.25, 0.3) is 0 Å². The topological polar surface area (TPSA) is 32.3 Å². The molecule has 1 rings (SSSR count). The highest BCUT2D eigenvalue weighted by atomic mass is 19.1. The summed E-state index contributed by atoms with van der Waals surface area (Å²) in [6, 6.07) is 7.07. The average molecular weight is 253 g/mol. The Kier molecular flexibility index (Phi) is 6.91. The van der Waals surface area contributed by atoms with Gasteiger partial charge in [-0.05, 0) is 43.9 Å². The highest BCUT2D eigenvalue weighted by molar-refractivity contribution is 5.16. The summed E-state index contributed by atoms with van der Waals surface area (Å²) in [5.74, 6) is -0.175. The lowest BCUT2D eigenvalue weighted by Crippen LogP contribution is -2.34. The smallest absolute Gasteiger partial charge is 0.123 e. The first-order chi connectivity index (χ1) is 8.61. The minimum atomic E-state index is -0.258. The molecule has 1 aromatic rings. The second kappa shape index (κ2) is 8.22. The molecule has 0 aliphatic rings. The van der Waals surface area contributed by atoms with Crippen molar-refractivity contribution in [2.24, 2.45) is 0 Å². The lowest BCUT2D eigenvalue weighted by molar-refractivity contribution is 0.156. The highest BCUT2D eigenvalue weighted by Gasteiger charge is 2.06. The van der Waals surface area contributed by atoms with Gasteiger partial charge in [0.25, 0.3) is 0 Å². The third-order valence-corrected chi connectivity index (χ3v) is 3.08. The van der Waals surface area contributed by atoms with Gasteiger partial charge in [0.2, 0.25) is 0 Å². The maximum Gasteiger partial charge on any atom is 0.123 e. The van der Waals surface area contributed by atoms with E-state index in [0.717, 1.165) is 31.2 Å². The first-order valence-corrected chi connectivity index (χ1v) is 6.77. The number of hydrogen-bond acceptors (Lipinski definition) is 2. The van der Waals surface area contributed by atoms with Crippen molar-refractivity contribution < 1.29 is 9.50 Å². The third-order valence-electron chi connectivity index (χ3n) is 3.08. The molecule has 3 heteroatoms. The monoisotopic (exact) mass is 253 g/mol. The lowest BCUT2D eigenvalue weighted by Gasteiger charge is -2.16. The molecule has 102 valence electrons. The van der Waals surface area contributed by atoms with Gasteiger partial charge in [0.1, 0.15) is 5.82 Å². The van der Waals surface area contributed by atoms with Crippen LogP contribution in [-0.4, -0.2) is 23.8 Å². The van der Waals surface area contributed by atoms with Gasteiger partial charge in [-0.1, -0.05) is 25.5 Å². The quantitative estimate of drug-likeness (QED) is 0.746. The van der Waals surface area contributed by atoms with Crippen LogP contribution in [0.4, 0.5) is 4.39 Å². The number of aryl methyl sites for hydroxylation is 1. The van der Waals surface area contributed by atoms with Gasteiger partial charge in [0.05, 0.1) is 6.10 Å². The van der Waals surface area contributed by atoms with Gasteiger partial charge in [-0.3, -0.25) is 0 Å². The maximum atomic E-state index is 13.0. The van der Waals surface area contributed by atoms with Crippen LogP contribution in [0.15, 0.2) is 24.3 Å². The van der Waals surface area contributed by atoms with Crippen molar-refractivity contribution in [3.8, 4) is 0 Å². The molecule has 0 saturated carbocycles. The molecular weight excluding hydrogens is 229 g/mol. The van der Waals surface area contributed by atoms with E-state index in [-0.39, 0.29) is 11.9 Å². The molecule has 2 atom stereocenters. The molecule has 0 fully saturated rings. The molecule has 18 heavy (non-hydrogen) atoms. The third kappa shape index (κ3) is 6.12. The van der Waals surface area contributed by atoms with Gasteiger partial charge in [-0.25, -0.2) is 4.39 Å². The van der Waals surface area contributed by atoms with Crippen LogP contribution in [0.1, 0.15) is 38.7 Å². The molecule has 2 unspecified atom stereocenters. The van der Waals surface area contributed by atoms with Gasteiger partial charge >= 0.3 is 0 Å². The molecule has 2 N–H and O–H groups in total. The number of aliphatic hydroxyl groups is 1. The summed E-state index contributed by atoms with van der Waals surface area (Å²) in [5, 5.41) is 12.9. The summed E-state index contributed by atoms with van der Waals surface area (Å²) < 4.78 is 13.0. The van der Waals surface area contributed by atoms with Gasteiger partial charge in [0, 0.05) is 12.6 Å². The van der Waals surface area contributed by atoms with Crippen molar-refractivity contribution in [1.29, 1.82) is 0 Å². The number of rotatable bonds is 8. The molecular formula is C15H24FNO. The van der Waals surface area contributed by atoms with E-state index in [4.69, 9.17) is 0 Å². The van der Waals surface area contributed by atoms with Crippen LogP contribution in [0.5, 0.6) is 0 Å². The Bertz CT molecular complexity index is 343. The largest absolute Gasteiger partial charge is 0.392 e. The van der Waals surface area contributed by atoms with Crippen molar-refractivity contribution in [3.63, 3.8) is 0 Å². The minimum Gasteiger partial charge on any atom is -0.392 e. The number of hydrogen-bond donors (Lipinski definition) is 2. The molecule has 0 aliphatic heterocycles. The Labute approximate surface area is 109 Å². The maximum absolute atomic E-state index is 13.0. The first kappa shape index (κ1) is 15.1. The van der Waals surface area contributed by atoms with E-state index in [1.54, 1.807) is 12.1 Å². The minimum absolute atomic E-state index is 0.175. The van der Waals surface area contributed by atoms with Crippen molar-refractivity contribution >= 4 is 0 Å². The zero-order valence-corrected chi connectivity index (χ0v) is 11.3. The van der Waals surface area contributed by atoms with E-state index in [1.807, 2.05) is 6.07 Å². The number of aliphatic hydroxyl groups excluding tert-OH is 1. The van der Waals surface area contributed by atoms with Gasteiger partial charge in [-0.15, -0.1) is 0 Å². The van der Waals surface area contributed by atoms with Crippen LogP contribution in [0.3, 0.4) is 0 Å². The van der Waals surface area contributed by atoms with Crippen molar-refractivity contribution in [1.82, 2.24) is 5.32 Å². The van der Waals surface area contributed by atoms with E-state index >= 15 is 0 Å². The second-order valence-electron chi connectivity index (χ2n) is 4.92. The fourth-order valence-corrected chi connectivity index (χ4v) is 1.95. The first-order valence-electron chi connectivity index (χ1n) is 6.77. The predicted octanol–water partition coefficient (Wildman–Crippen LogP) is 2.90. The van der Waals surface area contributed by atoms with Crippen LogP contribution in [0.2, 0.25) is 0 Å². The molecule has 0 bridgehead atoms. The summed E-state index contributed by atoms with van der Waals surface area (Å²) in [6.45, 7) is 4.80. The van der Waals surface area contributed by atoms with Crippen LogP contribution in [0, 0.1) is 5.82 Å². The van der Waals surface area contributed by atoms with E-state index in [9.17, 15) is 9.50 Å². The van der Waals surface area contributed by atoms with Gasteiger partial charge in [-0.2, -0.15) is 0 Å². The standard InChI is InChI=1S/C15H24FNO/c1-3-5-15(18)11-17-12(2)8-9-13-6-4-7-14(16)10-13/h4,6-7,10,12,15,17-18H,3,5,8-9,11H2,1-2H3. The van der Waals surface area contributed by atoms with Crippen molar-refractivity contribution in [2.75, 3.05) is 6.54 Å². The number of halogens is 1. The fraction of sp³-hybridized carbons (Fsp3) is 0.600. The summed E-state index contributed by atoms with van der Waals surface area (Å²) in [5.41, 5.74) is 1.03. The fourth-order valence-electron chi connectivity index (χ4n) is 1.95. The molecule has 0 aliphatic carbocycles. The van der Waals surface area contributed by atoms with Crippen molar-refractivity contribution in [3.05, 3.63) is 35.6 Å². The Morgan fingerprint density at radius 1 is 1.33 bits per heavy atom. The average Bonchev–Trinajstić information content (AvgIpc) is 2.34. The number of benzene rings is 1. The molecule has 2 nitrogen and oxygen atoms in total. The number of nitrogens with one attached hydrogen (secondary N) is 1. The summed E-state index contributed by atoms with van der Waals surface area (Å²) >= 11 is 0. The molecule has 0 saturated heterocycles. The molecule has 0 amide bonds. The SMILES string of the molecule is CCCC(O)CNC(C)CCc1cccc(F)c1. The van der Waals surface area contributed by atoms with Gasteiger partial charge < -0.3 is 10.4 Å². The Balaban J connectivity index is 2.22. The van der Waals surface area contributed by atoms with Crippen LogP contribution < -0.4 is 5.32 Å². The van der Waals surface area contributed by atoms with Gasteiger partial charge in [0.15, 0.2) is 0 Å². The molecule has 0 radical (unpaired) electrons. The summed E-state index contributed by atoms with van der Waals surface area (Å²) in [4.78, 5) is 0. The van der Waals surface area contributed by atoms with Crippen molar-refractivity contribution in [2.45, 2.75) is 51.7 Å². The second-order valence-corrected chi connectivity index (χ2v) is 4.92. The van der Waals surface area contributed by atoms with E-state index in [0.29, 0.717) is 12.6 Å². The molecule has 0 aromatic heterocycles. The van der Waals surface area contributed by atoms with E-state index < -0.39 is 0 Å². The van der Waals surface area contributed by atoms with Crippen LogP contribution in [-0.2, 0) is 6.42 Å². The normalized spacial score (nSPS) is 14.4.